The summed E-state index contributed by atoms with van der Waals surface area (Å²) < 4.78 is 5.00. The van der Waals surface area contributed by atoms with E-state index in [0.717, 1.165) is 12.8 Å². The molecule has 0 radical (unpaired) electrons. The standard InChI is InChI=1S/C15H24O3/c1-5-14-8-7-11(13(14,3)4)9-15(14,17)10-12(16)18-6-2/h5,11,17H,1,6-10H2,2-4H3/t11-,14-,15+/m1/s1. The SMILES string of the molecule is C=C[C@]12CC[C@H](C[C@]1(O)CC(=O)OCC)C2(C)C. The van der Waals surface area contributed by atoms with Crippen molar-refractivity contribution in [3.63, 3.8) is 0 Å². The summed E-state index contributed by atoms with van der Waals surface area (Å²) in [6, 6.07) is 0. The van der Waals surface area contributed by atoms with E-state index < -0.39 is 5.60 Å². The third-order valence-corrected chi connectivity index (χ3v) is 5.56. The molecule has 2 saturated carbocycles. The predicted octanol–water partition coefficient (Wildman–Crippen LogP) is 2.68. The van der Waals surface area contributed by atoms with Crippen LogP contribution in [0.2, 0.25) is 0 Å². The van der Waals surface area contributed by atoms with Crippen LogP contribution in [0.3, 0.4) is 0 Å². The Morgan fingerprint density at radius 1 is 1.56 bits per heavy atom. The zero-order chi connectivity index (χ0) is 13.6. The van der Waals surface area contributed by atoms with E-state index in [2.05, 4.69) is 20.4 Å². The normalized spacial score (nSPS) is 40.8. The summed E-state index contributed by atoms with van der Waals surface area (Å²) >= 11 is 0. The van der Waals surface area contributed by atoms with Gasteiger partial charge in [0.05, 0.1) is 18.6 Å². The summed E-state index contributed by atoms with van der Waals surface area (Å²) in [6.45, 7) is 10.5. The zero-order valence-electron chi connectivity index (χ0n) is 11.7. The molecule has 0 aromatic carbocycles. The van der Waals surface area contributed by atoms with Crippen molar-refractivity contribution in [2.24, 2.45) is 16.7 Å². The maximum absolute atomic E-state index is 11.7. The van der Waals surface area contributed by atoms with Crippen molar-refractivity contribution in [3.05, 3.63) is 12.7 Å². The van der Waals surface area contributed by atoms with Crippen LogP contribution < -0.4 is 0 Å². The van der Waals surface area contributed by atoms with Crippen LogP contribution >= 0.6 is 0 Å². The highest BCUT2D eigenvalue weighted by atomic mass is 16.5. The molecule has 0 unspecified atom stereocenters. The molecule has 2 aliphatic rings. The van der Waals surface area contributed by atoms with Crippen molar-refractivity contribution >= 4 is 5.97 Å². The van der Waals surface area contributed by atoms with Gasteiger partial charge in [0.25, 0.3) is 0 Å². The number of ether oxygens (including phenoxy) is 1. The van der Waals surface area contributed by atoms with Crippen molar-refractivity contribution in [2.75, 3.05) is 6.61 Å². The number of aliphatic hydroxyl groups is 1. The van der Waals surface area contributed by atoms with Gasteiger partial charge < -0.3 is 9.84 Å². The molecule has 2 aliphatic carbocycles. The Kier molecular flexibility index (Phi) is 3.09. The topological polar surface area (TPSA) is 46.5 Å². The molecule has 0 amide bonds. The van der Waals surface area contributed by atoms with E-state index in [-0.39, 0.29) is 23.2 Å². The first-order valence-corrected chi connectivity index (χ1v) is 6.84. The third kappa shape index (κ3) is 1.49. The van der Waals surface area contributed by atoms with Crippen molar-refractivity contribution in [1.82, 2.24) is 0 Å². The highest BCUT2D eigenvalue weighted by Crippen LogP contribution is 2.71. The van der Waals surface area contributed by atoms with E-state index in [4.69, 9.17) is 4.74 Å². The van der Waals surface area contributed by atoms with Crippen LogP contribution in [0.1, 0.15) is 46.5 Å². The van der Waals surface area contributed by atoms with Crippen LogP contribution in [0, 0.1) is 16.7 Å². The molecule has 2 fully saturated rings. The van der Waals surface area contributed by atoms with Gasteiger partial charge >= 0.3 is 5.97 Å². The number of fused-ring (bicyclic) bond motifs is 2. The minimum Gasteiger partial charge on any atom is -0.466 e. The lowest BCUT2D eigenvalue weighted by Gasteiger charge is -2.45. The highest BCUT2D eigenvalue weighted by molar-refractivity contribution is 5.71. The Hall–Kier alpha value is -0.830. The quantitative estimate of drug-likeness (QED) is 0.618. The Bertz CT molecular complexity index is 374. The molecular weight excluding hydrogens is 228 g/mol. The molecule has 0 heterocycles. The summed E-state index contributed by atoms with van der Waals surface area (Å²) in [5.74, 6) is 0.166. The molecule has 102 valence electrons. The number of hydrogen-bond acceptors (Lipinski definition) is 3. The number of hydrogen-bond donors (Lipinski definition) is 1. The van der Waals surface area contributed by atoms with Gasteiger partial charge in [0.15, 0.2) is 0 Å². The number of rotatable bonds is 4. The fourth-order valence-electron chi connectivity index (χ4n) is 4.46. The molecule has 2 rings (SSSR count). The van der Waals surface area contributed by atoms with Gasteiger partial charge in [-0.15, -0.1) is 6.58 Å². The van der Waals surface area contributed by atoms with Gasteiger partial charge in [0.2, 0.25) is 0 Å². The zero-order valence-corrected chi connectivity index (χ0v) is 11.7. The summed E-state index contributed by atoms with van der Waals surface area (Å²) in [7, 11) is 0. The average Bonchev–Trinajstić information content (AvgIpc) is 2.60. The van der Waals surface area contributed by atoms with Crippen molar-refractivity contribution in [1.29, 1.82) is 0 Å². The van der Waals surface area contributed by atoms with Gasteiger partial charge in [-0.25, -0.2) is 0 Å². The number of carbonyl (C=O) groups is 1. The largest absolute Gasteiger partial charge is 0.466 e. The van der Waals surface area contributed by atoms with E-state index in [9.17, 15) is 9.90 Å². The Labute approximate surface area is 109 Å². The first-order chi connectivity index (χ1) is 8.33. The molecule has 0 saturated heterocycles. The summed E-state index contributed by atoms with van der Waals surface area (Å²) in [5.41, 5.74) is -1.32. The maximum atomic E-state index is 11.7. The molecule has 3 heteroatoms. The highest BCUT2D eigenvalue weighted by Gasteiger charge is 2.69. The van der Waals surface area contributed by atoms with Gasteiger partial charge in [0.1, 0.15) is 0 Å². The van der Waals surface area contributed by atoms with Gasteiger partial charge in [0, 0.05) is 5.41 Å². The second-order valence-electron chi connectivity index (χ2n) is 6.35. The average molecular weight is 252 g/mol. The second-order valence-corrected chi connectivity index (χ2v) is 6.35. The molecule has 3 atom stereocenters. The summed E-state index contributed by atoms with van der Waals surface area (Å²) in [6.07, 6.45) is 4.70. The fraction of sp³-hybridized carbons (Fsp3) is 0.800. The smallest absolute Gasteiger partial charge is 0.308 e. The molecule has 0 aliphatic heterocycles. The second kappa shape index (κ2) is 4.09. The van der Waals surface area contributed by atoms with Crippen molar-refractivity contribution in [3.8, 4) is 0 Å². The summed E-state index contributed by atoms with van der Waals surface area (Å²) in [5, 5.41) is 11.0. The van der Waals surface area contributed by atoms with Crippen LogP contribution in [0.4, 0.5) is 0 Å². The Balaban J connectivity index is 2.29. The lowest BCUT2D eigenvalue weighted by molar-refractivity contribution is -0.155. The van der Waals surface area contributed by atoms with E-state index in [1.54, 1.807) is 6.92 Å². The first kappa shape index (κ1) is 13.6. The minimum absolute atomic E-state index is 0.00992. The van der Waals surface area contributed by atoms with Gasteiger partial charge in [-0.1, -0.05) is 19.9 Å². The number of esters is 1. The van der Waals surface area contributed by atoms with E-state index >= 15 is 0 Å². The first-order valence-electron chi connectivity index (χ1n) is 6.84. The molecule has 1 N–H and O–H groups in total. The molecule has 3 nitrogen and oxygen atoms in total. The van der Waals surface area contributed by atoms with E-state index in [1.807, 2.05) is 6.08 Å². The van der Waals surface area contributed by atoms with Gasteiger partial charge in [-0.2, -0.15) is 0 Å². The van der Waals surface area contributed by atoms with E-state index in [0.29, 0.717) is 18.9 Å². The molecular formula is C15H24O3. The molecule has 18 heavy (non-hydrogen) atoms. The van der Waals surface area contributed by atoms with Crippen LogP contribution in [0.5, 0.6) is 0 Å². The monoisotopic (exact) mass is 252 g/mol. The van der Waals surface area contributed by atoms with Crippen LogP contribution in [-0.4, -0.2) is 23.3 Å². The van der Waals surface area contributed by atoms with Gasteiger partial charge in [-0.05, 0) is 37.5 Å². The lowest BCUT2D eigenvalue weighted by atomic mass is 9.62. The van der Waals surface area contributed by atoms with Crippen LogP contribution in [0.15, 0.2) is 12.7 Å². The van der Waals surface area contributed by atoms with Crippen molar-refractivity contribution < 1.29 is 14.6 Å². The minimum atomic E-state index is -0.979. The summed E-state index contributed by atoms with van der Waals surface area (Å²) in [4.78, 5) is 11.7. The van der Waals surface area contributed by atoms with Crippen LogP contribution in [-0.2, 0) is 9.53 Å². The Morgan fingerprint density at radius 3 is 2.72 bits per heavy atom. The fourth-order valence-corrected chi connectivity index (χ4v) is 4.46. The molecule has 0 aromatic heterocycles. The van der Waals surface area contributed by atoms with Crippen molar-refractivity contribution in [2.45, 2.75) is 52.1 Å². The maximum Gasteiger partial charge on any atom is 0.308 e. The predicted molar refractivity (Wildman–Crippen MR) is 70.0 cm³/mol. The number of carbonyl (C=O) groups excluding carboxylic acids is 1. The van der Waals surface area contributed by atoms with E-state index in [1.165, 1.54) is 0 Å². The molecule has 2 bridgehead atoms. The molecule has 0 aromatic rings. The molecule has 0 spiro atoms. The third-order valence-electron chi connectivity index (χ3n) is 5.56. The van der Waals surface area contributed by atoms with Crippen LogP contribution in [0.25, 0.3) is 0 Å². The Morgan fingerprint density at radius 2 is 2.22 bits per heavy atom. The lowest BCUT2D eigenvalue weighted by Crippen LogP contribution is -2.49. The van der Waals surface area contributed by atoms with Gasteiger partial charge in [-0.3, -0.25) is 4.79 Å².